The smallest absolute Gasteiger partial charge is 0.207 e. The summed E-state index contributed by atoms with van der Waals surface area (Å²) in [5.41, 5.74) is 2.06. The summed E-state index contributed by atoms with van der Waals surface area (Å²) in [4.78, 5) is 7.74. The van der Waals surface area contributed by atoms with Crippen molar-refractivity contribution >= 4 is 5.71 Å². The molecule has 1 unspecified atom stereocenters. The van der Waals surface area contributed by atoms with Crippen molar-refractivity contribution in [3.05, 3.63) is 35.9 Å². The fourth-order valence-electron chi connectivity index (χ4n) is 1.76. The van der Waals surface area contributed by atoms with Crippen molar-refractivity contribution in [3.63, 3.8) is 0 Å². The first-order chi connectivity index (χ1) is 7.53. The van der Waals surface area contributed by atoms with Crippen LogP contribution in [0.3, 0.4) is 0 Å². The van der Waals surface area contributed by atoms with Crippen LogP contribution in [0.2, 0.25) is 0 Å². The van der Waals surface area contributed by atoms with Gasteiger partial charge in [-0.2, -0.15) is 0 Å². The maximum absolute atomic E-state index is 5.54. The van der Waals surface area contributed by atoms with Gasteiger partial charge in [-0.15, -0.1) is 0 Å². The SMILES string of the molecule is CC1=NOC(c2ccccc2)N(C)C1(C)C. The van der Waals surface area contributed by atoms with Gasteiger partial charge in [0.15, 0.2) is 0 Å². The first kappa shape index (κ1) is 11.1. The Bertz CT molecular complexity index is 398. The fourth-order valence-corrected chi connectivity index (χ4v) is 1.76. The topological polar surface area (TPSA) is 24.8 Å². The van der Waals surface area contributed by atoms with Gasteiger partial charge in [0, 0.05) is 5.56 Å². The Morgan fingerprint density at radius 3 is 2.50 bits per heavy atom. The van der Waals surface area contributed by atoms with Gasteiger partial charge in [0.05, 0.1) is 11.3 Å². The number of hydrogen-bond acceptors (Lipinski definition) is 3. The minimum Gasteiger partial charge on any atom is -0.371 e. The lowest BCUT2D eigenvalue weighted by molar-refractivity contribution is -0.0933. The van der Waals surface area contributed by atoms with E-state index in [1.807, 2.05) is 25.1 Å². The number of rotatable bonds is 1. The second-order valence-corrected chi connectivity index (χ2v) is 4.72. The lowest BCUT2D eigenvalue weighted by atomic mass is 9.95. The Hall–Kier alpha value is -1.35. The van der Waals surface area contributed by atoms with Crippen molar-refractivity contribution in [2.75, 3.05) is 7.05 Å². The van der Waals surface area contributed by atoms with Gasteiger partial charge in [-0.05, 0) is 27.8 Å². The predicted molar refractivity (Wildman–Crippen MR) is 65.2 cm³/mol. The zero-order chi connectivity index (χ0) is 11.8. The van der Waals surface area contributed by atoms with E-state index in [9.17, 15) is 0 Å². The zero-order valence-electron chi connectivity index (χ0n) is 10.3. The maximum atomic E-state index is 5.54. The van der Waals surface area contributed by atoms with Crippen LogP contribution in [0.4, 0.5) is 0 Å². The van der Waals surface area contributed by atoms with Crippen molar-refractivity contribution < 1.29 is 4.84 Å². The normalized spacial score (nSPS) is 24.8. The van der Waals surface area contributed by atoms with Crippen molar-refractivity contribution in [3.8, 4) is 0 Å². The molecule has 3 nitrogen and oxygen atoms in total. The molecule has 1 heterocycles. The molecule has 16 heavy (non-hydrogen) atoms. The monoisotopic (exact) mass is 218 g/mol. The summed E-state index contributed by atoms with van der Waals surface area (Å²) in [5, 5.41) is 4.17. The van der Waals surface area contributed by atoms with Crippen molar-refractivity contribution in [1.82, 2.24) is 4.90 Å². The number of nitrogens with zero attached hydrogens (tertiary/aromatic N) is 2. The highest BCUT2D eigenvalue weighted by atomic mass is 16.7. The first-order valence-electron chi connectivity index (χ1n) is 5.52. The van der Waals surface area contributed by atoms with Crippen LogP contribution in [-0.2, 0) is 4.84 Å². The van der Waals surface area contributed by atoms with Crippen molar-refractivity contribution in [2.45, 2.75) is 32.5 Å². The van der Waals surface area contributed by atoms with Gasteiger partial charge in [-0.1, -0.05) is 35.5 Å². The second-order valence-electron chi connectivity index (χ2n) is 4.72. The zero-order valence-corrected chi connectivity index (χ0v) is 10.3. The van der Waals surface area contributed by atoms with Gasteiger partial charge < -0.3 is 4.84 Å². The second kappa shape index (κ2) is 3.91. The summed E-state index contributed by atoms with van der Waals surface area (Å²) in [6.45, 7) is 6.31. The highest BCUT2D eigenvalue weighted by Crippen LogP contribution is 2.32. The van der Waals surface area contributed by atoms with Gasteiger partial charge in [-0.25, -0.2) is 0 Å². The number of hydrogen-bond donors (Lipinski definition) is 0. The van der Waals surface area contributed by atoms with Crippen LogP contribution in [0.15, 0.2) is 35.5 Å². The molecule has 0 spiro atoms. The van der Waals surface area contributed by atoms with E-state index in [0.717, 1.165) is 11.3 Å². The van der Waals surface area contributed by atoms with Crippen LogP contribution in [0.5, 0.6) is 0 Å². The molecule has 3 heteroatoms. The van der Waals surface area contributed by atoms with E-state index < -0.39 is 0 Å². The molecule has 1 aromatic rings. The third kappa shape index (κ3) is 1.71. The molecule has 1 atom stereocenters. The molecular weight excluding hydrogens is 200 g/mol. The third-order valence-corrected chi connectivity index (χ3v) is 3.49. The van der Waals surface area contributed by atoms with E-state index in [-0.39, 0.29) is 11.8 Å². The summed E-state index contributed by atoms with van der Waals surface area (Å²) in [5.74, 6) is 0. The fraction of sp³-hybridized carbons (Fsp3) is 0.462. The Morgan fingerprint density at radius 2 is 1.88 bits per heavy atom. The molecule has 0 amide bonds. The first-order valence-corrected chi connectivity index (χ1v) is 5.52. The van der Waals surface area contributed by atoms with E-state index in [4.69, 9.17) is 4.84 Å². The third-order valence-electron chi connectivity index (χ3n) is 3.49. The minimum atomic E-state index is -0.0973. The van der Waals surface area contributed by atoms with Gasteiger partial charge in [-0.3, -0.25) is 4.90 Å². The molecular formula is C13H18N2O. The van der Waals surface area contributed by atoms with Crippen LogP contribution >= 0.6 is 0 Å². The highest BCUT2D eigenvalue weighted by molar-refractivity contribution is 5.90. The van der Waals surface area contributed by atoms with Crippen molar-refractivity contribution in [2.24, 2.45) is 5.16 Å². The van der Waals surface area contributed by atoms with Gasteiger partial charge in [0.1, 0.15) is 0 Å². The van der Waals surface area contributed by atoms with E-state index in [1.165, 1.54) is 0 Å². The molecule has 0 radical (unpaired) electrons. The van der Waals surface area contributed by atoms with Gasteiger partial charge in [0.25, 0.3) is 0 Å². The number of benzene rings is 1. The molecule has 0 saturated heterocycles. The minimum absolute atomic E-state index is 0.0707. The summed E-state index contributed by atoms with van der Waals surface area (Å²) in [7, 11) is 2.07. The summed E-state index contributed by atoms with van der Waals surface area (Å²) < 4.78 is 0. The molecule has 0 N–H and O–H groups in total. The largest absolute Gasteiger partial charge is 0.371 e. The quantitative estimate of drug-likeness (QED) is 0.724. The molecule has 0 aromatic heterocycles. The Labute approximate surface area is 96.7 Å². The number of oxime groups is 1. The van der Waals surface area contributed by atoms with E-state index in [1.54, 1.807) is 0 Å². The molecule has 1 aliphatic rings. The average Bonchev–Trinajstić information content (AvgIpc) is 2.28. The van der Waals surface area contributed by atoms with Gasteiger partial charge >= 0.3 is 0 Å². The molecule has 0 fully saturated rings. The Morgan fingerprint density at radius 1 is 1.25 bits per heavy atom. The molecule has 1 aromatic carbocycles. The van der Waals surface area contributed by atoms with E-state index >= 15 is 0 Å². The van der Waals surface area contributed by atoms with E-state index in [2.05, 4.69) is 43.1 Å². The molecule has 2 rings (SSSR count). The van der Waals surface area contributed by atoms with Crippen LogP contribution in [-0.4, -0.2) is 23.2 Å². The highest BCUT2D eigenvalue weighted by Gasteiger charge is 2.37. The lowest BCUT2D eigenvalue weighted by Crippen LogP contribution is -2.51. The van der Waals surface area contributed by atoms with Crippen LogP contribution in [0.1, 0.15) is 32.6 Å². The predicted octanol–water partition coefficient (Wildman–Crippen LogP) is 2.80. The molecule has 0 bridgehead atoms. The molecule has 86 valence electrons. The van der Waals surface area contributed by atoms with Crippen LogP contribution in [0, 0.1) is 0 Å². The molecule has 1 aliphatic heterocycles. The Balaban J connectivity index is 2.33. The van der Waals surface area contributed by atoms with Crippen LogP contribution in [0.25, 0.3) is 0 Å². The summed E-state index contributed by atoms with van der Waals surface area (Å²) >= 11 is 0. The van der Waals surface area contributed by atoms with Gasteiger partial charge in [0.2, 0.25) is 6.23 Å². The van der Waals surface area contributed by atoms with Crippen LogP contribution < -0.4 is 0 Å². The van der Waals surface area contributed by atoms with Crippen molar-refractivity contribution in [1.29, 1.82) is 0 Å². The van der Waals surface area contributed by atoms with E-state index in [0.29, 0.717) is 0 Å². The standard InChI is InChI=1S/C13H18N2O/c1-10-13(2,3)15(4)12(16-14-10)11-8-6-5-7-9-11/h5-9,12H,1-4H3. The molecule has 0 saturated carbocycles. The summed E-state index contributed by atoms with van der Waals surface area (Å²) in [6.07, 6.45) is -0.0973. The average molecular weight is 218 g/mol. The Kier molecular flexibility index (Phi) is 2.72. The lowest BCUT2D eigenvalue weighted by Gasteiger charge is -2.42. The summed E-state index contributed by atoms with van der Waals surface area (Å²) in [6, 6.07) is 10.2. The molecule has 0 aliphatic carbocycles. The maximum Gasteiger partial charge on any atom is 0.207 e.